The lowest BCUT2D eigenvalue weighted by Gasteiger charge is -2.17. The van der Waals surface area contributed by atoms with Crippen LogP contribution in [0.25, 0.3) is 0 Å². The zero-order valence-electron chi connectivity index (χ0n) is 11.8. The third-order valence-corrected chi connectivity index (χ3v) is 2.96. The second kappa shape index (κ2) is 7.68. The average molecular weight is 264 g/mol. The topological polar surface area (TPSA) is 18.5 Å². The molecule has 1 unspecified atom stereocenters. The first kappa shape index (κ1) is 15.4. The number of hydrogen-bond acceptors (Lipinski definition) is 2. The highest BCUT2D eigenvalue weighted by Gasteiger charge is 2.18. The van der Waals surface area contributed by atoms with Crippen molar-refractivity contribution in [1.29, 1.82) is 0 Å². The van der Waals surface area contributed by atoms with E-state index in [0.29, 0.717) is 36.7 Å². The van der Waals surface area contributed by atoms with Gasteiger partial charge >= 0.3 is 0 Å². The van der Waals surface area contributed by atoms with Gasteiger partial charge in [0, 0.05) is 12.5 Å². The van der Waals surface area contributed by atoms with Crippen molar-refractivity contribution in [3.8, 4) is 23.8 Å². The van der Waals surface area contributed by atoms with Crippen molar-refractivity contribution in [2.75, 3.05) is 13.2 Å². The van der Waals surface area contributed by atoms with Crippen LogP contribution in [-0.4, -0.2) is 13.2 Å². The van der Waals surface area contributed by atoms with E-state index in [4.69, 9.17) is 15.9 Å². The van der Waals surface area contributed by atoms with Crippen LogP contribution >= 0.6 is 0 Å². The fourth-order valence-corrected chi connectivity index (χ4v) is 2.02. The Bertz CT molecular complexity index is 449. The summed E-state index contributed by atoms with van der Waals surface area (Å²) in [4.78, 5) is 0. The molecule has 0 aromatic heterocycles. The second-order valence-corrected chi connectivity index (χ2v) is 4.20. The standard InChI is InChI=1S/C16H21FO2/c1-5-9-12(6-2)13-10-15(18-7-3)16(19-8-4)11-14(13)17/h1,10-12H,6-9H2,2-4H3. The van der Waals surface area contributed by atoms with Gasteiger partial charge in [0.1, 0.15) is 5.82 Å². The van der Waals surface area contributed by atoms with E-state index >= 15 is 0 Å². The Morgan fingerprint density at radius 1 is 1.16 bits per heavy atom. The van der Waals surface area contributed by atoms with Crippen LogP contribution < -0.4 is 9.47 Å². The van der Waals surface area contributed by atoms with Gasteiger partial charge in [-0.1, -0.05) is 6.92 Å². The Morgan fingerprint density at radius 2 is 1.74 bits per heavy atom. The van der Waals surface area contributed by atoms with E-state index in [2.05, 4.69) is 5.92 Å². The van der Waals surface area contributed by atoms with Gasteiger partial charge in [-0.05, 0) is 37.8 Å². The molecular weight excluding hydrogens is 243 g/mol. The highest BCUT2D eigenvalue weighted by atomic mass is 19.1. The maximum atomic E-state index is 14.2. The third-order valence-electron chi connectivity index (χ3n) is 2.96. The van der Waals surface area contributed by atoms with Crippen molar-refractivity contribution >= 4 is 0 Å². The highest BCUT2D eigenvalue weighted by molar-refractivity contribution is 5.45. The van der Waals surface area contributed by atoms with Gasteiger partial charge in [0.15, 0.2) is 11.5 Å². The molecule has 0 amide bonds. The van der Waals surface area contributed by atoms with Crippen LogP contribution in [0.1, 0.15) is 45.1 Å². The summed E-state index contributed by atoms with van der Waals surface area (Å²) < 4.78 is 25.1. The molecule has 0 radical (unpaired) electrons. The lowest BCUT2D eigenvalue weighted by Crippen LogP contribution is -2.04. The number of ether oxygens (including phenoxy) is 2. The summed E-state index contributed by atoms with van der Waals surface area (Å²) in [5, 5.41) is 0. The van der Waals surface area contributed by atoms with Gasteiger partial charge in [0.05, 0.1) is 13.2 Å². The monoisotopic (exact) mass is 264 g/mol. The fraction of sp³-hybridized carbons (Fsp3) is 0.500. The van der Waals surface area contributed by atoms with Crippen molar-refractivity contribution in [2.45, 2.75) is 39.5 Å². The van der Waals surface area contributed by atoms with E-state index in [1.807, 2.05) is 20.8 Å². The first-order valence-corrected chi connectivity index (χ1v) is 6.70. The van der Waals surface area contributed by atoms with Crippen LogP contribution in [0.2, 0.25) is 0 Å². The molecule has 0 bridgehead atoms. The van der Waals surface area contributed by atoms with Crippen molar-refractivity contribution in [1.82, 2.24) is 0 Å². The number of benzene rings is 1. The summed E-state index contributed by atoms with van der Waals surface area (Å²) in [6, 6.07) is 3.11. The van der Waals surface area contributed by atoms with Crippen LogP contribution in [0.3, 0.4) is 0 Å². The van der Waals surface area contributed by atoms with Crippen LogP contribution in [0.5, 0.6) is 11.5 Å². The summed E-state index contributed by atoms with van der Waals surface area (Å²) >= 11 is 0. The summed E-state index contributed by atoms with van der Waals surface area (Å²) in [6.45, 7) is 6.72. The molecule has 0 aliphatic heterocycles. The minimum atomic E-state index is -0.283. The van der Waals surface area contributed by atoms with Crippen molar-refractivity contribution in [3.05, 3.63) is 23.5 Å². The van der Waals surface area contributed by atoms with E-state index in [9.17, 15) is 4.39 Å². The molecule has 1 aromatic carbocycles. The molecule has 0 spiro atoms. The van der Waals surface area contributed by atoms with Crippen molar-refractivity contribution < 1.29 is 13.9 Å². The van der Waals surface area contributed by atoms with Crippen LogP contribution in [0.4, 0.5) is 4.39 Å². The first-order chi connectivity index (χ1) is 9.17. The van der Waals surface area contributed by atoms with Crippen molar-refractivity contribution in [3.63, 3.8) is 0 Å². The van der Waals surface area contributed by atoms with Gasteiger partial charge in [0.2, 0.25) is 0 Å². The maximum Gasteiger partial charge on any atom is 0.164 e. The first-order valence-electron chi connectivity index (χ1n) is 6.70. The molecule has 0 fully saturated rings. The summed E-state index contributed by atoms with van der Waals surface area (Å²) in [5.74, 6) is 3.35. The van der Waals surface area contributed by atoms with Gasteiger partial charge in [-0.25, -0.2) is 4.39 Å². The van der Waals surface area contributed by atoms with E-state index in [-0.39, 0.29) is 11.7 Å². The van der Waals surface area contributed by atoms with Gasteiger partial charge in [-0.15, -0.1) is 12.3 Å². The Kier molecular flexibility index (Phi) is 6.21. The summed E-state index contributed by atoms with van der Waals surface area (Å²) in [6.07, 6.45) is 6.65. The molecule has 0 saturated carbocycles. The van der Waals surface area contributed by atoms with Crippen molar-refractivity contribution in [2.24, 2.45) is 0 Å². The molecule has 0 aliphatic rings. The molecule has 19 heavy (non-hydrogen) atoms. The van der Waals surface area contributed by atoms with Gasteiger partial charge < -0.3 is 9.47 Å². The molecule has 1 atom stereocenters. The Balaban J connectivity index is 3.18. The third kappa shape index (κ3) is 3.89. The zero-order valence-corrected chi connectivity index (χ0v) is 11.8. The van der Waals surface area contributed by atoms with E-state index in [0.717, 1.165) is 6.42 Å². The molecule has 3 heteroatoms. The number of terminal acetylenes is 1. The minimum Gasteiger partial charge on any atom is -0.490 e. The molecule has 104 valence electrons. The normalized spacial score (nSPS) is 11.7. The van der Waals surface area contributed by atoms with Crippen LogP contribution in [0, 0.1) is 18.2 Å². The Labute approximate surface area is 114 Å². The molecule has 2 nitrogen and oxygen atoms in total. The lowest BCUT2D eigenvalue weighted by molar-refractivity contribution is 0.285. The van der Waals surface area contributed by atoms with Crippen LogP contribution in [-0.2, 0) is 0 Å². The largest absolute Gasteiger partial charge is 0.490 e. The summed E-state index contributed by atoms with van der Waals surface area (Å²) in [7, 11) is 0. The number of hydrogen-bond donors (Lipinski definition) is 0. The number of rotatable bonds is 7. The van der Waals surface area contributed by atoms with E-state index < -0.39 is 0 Å². The molecule has 1 aromatic rings. The van der Waals surface area contributed by atoms with E-state index in [1.54, 1.807) is 6.07 Å². The quantitative estimate of drug-likeness (QED) is 0.689. The van der Waals surface area contributed by atoms with Gasteiger partial charge in [-0.3, -0.25) is 0 Å². The molecule has 0 saturated heterocycles. The number of halogens is 1. The maximum absolute atomic E-state index is 14.2. The molecule has 0 aliphatic carbocycles. The minimum absolute atomic E-state index is 0.0138. The van der Waals surface area contributed by atoms with Gasteiger partial charge in [-0.2, -0.15) is 0 Å². The van der Waals surface area contributed by atoms with Crippen LogP contribution in [0.15, 0.2) is 12.1 Å². The molecule has 0 N–H and O–H groups in total. The predicted octanol–water partition coefficient (Wildman–Crippen LogP) is 4.14. The fourth-order valence-electron chi connectivity index (χ4n) is 2.02. The smallest absolute Gasteiger partial charge is 0.164 e. The Hall–Kier alpha value is -1.69. The summed E-state index contributed by atoms with van der Waals surface area (Å²) in [5.41, 5.74) is 0.604. The Morgan fingerprint density at radius 3 is 2.21 bits per heavy atom. The van der Waals surface area contributed by atoms with E-state index in [1.165, 1.54) is 6.07 Å². The molecule has 0 heterocycles. The lowest BCUT2D eigenvalue weighted by atomic mass is 9.92. The zero-order chi connectivity index (χ0) is 14.3. The molecular formula is C16H21FO2. The molecule has 1 rings (SSSR count). The highest BCUT2D eigenvalue weighted by Crippen LogP contribution is 2.35. The second-order valence-electron chi connectivity index (χ2n) is 4.20. The van der Waals surface area contributed by atoms with Gasteiger partial charge in [0.25, 0.3) is 0 Å². The SMILES string of the molecule is C#CCC(CC)c1cc(OCC)c(OCC)cc1F. The predicted molar refractivity (Wildman–Crippen MR) is 75.2 cm³/mol. The average Bonchev–Trinajstić information content (AvgIpc) is 2.40.